The van der Waals surface area contributed by atoms with E-state index in [0.717, 1.165) is 82.1 Å². The van der Waals surface area contributed by atoms with E-state index in [1.807, 2.05) is 53.9 Å². The first-order valence-electron chi connectivity index (χ1n) is 17.3. The lowest BCUT2D eigenvalue weighted by molar-refractivity contribution is 0.0208. The van der Waals surface area contributed by atoms with E-state index >= 15 is 0 Å². The van der Waals surface area contributed by atoms with Crippen molar-refractivity contribution in [2.45, 2.75) is 104 Å². The van der Waals surface area contributed by atoms with Crippen molar-refractivity contribution < 1.29 is 23.8 Å². The van der Waals surface area contributed by atoms with Gasteiger partial charge in [-0.25, -0.2) is 19.6 Å². The number of carbonyl (C=O) groups excluding carboxylic acids is 2. The average molecular weight is 667 g/mol. The fourth-order valence-corrected chi connectivity index (χ4v) is 7.04. The first kappa shape index (κ1) is 32.9. The predicted octanol–water partition coefficient (Wildman–Crippen LogP) is 8.31. The van der Waals surface area contributed by atoms with Gasteiger partial charge in [-0.1, -0.05) is 24.3 Å². The highest BCUT2D eigenvalue weighted by Crippen LogP contribution is 2.38. The zero-order chi connectivity index (χ0) is 34.5. The number of amides is 2. The number of aromatic amines is 2. The first-order valence-corrected chi connectivity index (χ1v) is 17.3. The van der Waals surface area contributed by atoms with Crippen LogP contribution < -0.4 is 0 Å². The van der Waals surface area contributed by atoms with Crippen LogP contribution in [0.5, 0.6) is 0 Å². The molecule has 11 heteroatoms. The van der Waals surface area contributed by atoms with Crippen molar-refractivity contribution in [1.82, 2.24) is 29.7 Å². The van der Waals surface area contributed by atoms with E-state index < -0.39 is 11.2 Å². The fourth-order valence-electron chi connectivity index (χ4n) is 7.04. The minimum Gasteiger partial charge on any atom is -0.444 e. The Labute approximate surface area is 287 Å². The standard InChI is InChI=1S/C38H46N6O5/c1-37(2,3)48-35(45)43-15-7-9-31(43)33-39-19-29(41-33)23-11-13-27-25(17-23)21-47-22-26-18-24(12-14-28(26)27)30-20-40-34(42-30)32-10-8-16-44(32)36(46)49-38(4,5)6/h11-14,17-20,31-32H,7-10,15-16,21-22H2,1-6H3,(H,39,41)(H,40,42)/t31-,32-/m0/s1. The molecule has 2 fully saturated rings. The van der Waals surface area contributed by atoms with E-state index in [2.05, 4.69) is 46.4 Å². The molecule has 0 bridgehead atoms. The molecule has 7 rings (SSSR count). The van der Waals surface area contributed by atoms with E-state index in [9.17, 15) is 9.59 Å². The van der Waals surface area contributed by atoms with Crippen LogP contribution in [-0.2, 0) is 27.4 Å². The Bertz CT molecular complexity index is 1730. The van der Waals surface area contributed by atoms with Gasteiger partial charge in [0.05, 0.1) is 49.1 Å². The molecule has 5 heterocycles. The van der Waals surface area contributed by atoms with Crippen molar-refractivity contribution in [2.24, 2.45) is 0 Å². The maximum absolute atomic E-state index is 12.9. The fraction of sp³-hybridized carbons (Fsp3) is 0.474. The van der Waals surface area contributed by atoms with Gasteiger partial charge in [0.1, 0.15) is 22.9 Å². The van der Waals surface area contributed by atoms with Crippen molar-refractivity contribution >= 4 is 12.2 Å². The number of hydrogen-bond acceptors (Lipinski definition) is 7. The van der Waals surface area contributed by atoms with Gasteiger partial charge in [0, 0.05) is 13.1 Å². The molecule has 2 amide bonds. The van der Waals surface area contributed by atoms with Gasteiger partial charge in [-0.05, 0) is 113 Å². The predicted molar refractivity (Wildman–Crippen MR) is 185 cm³/mol. The third-order valence-electron chi connectivity index (χ3n) is 9.22. The van der Waals surface area contributed by atoms with Crippen molar-refractivity contribution in [1.29, 1.82) is 0 Å². The lowest BCUT2D eigenvalue weighted by atomic mass is 9.93. The van der Waals surface area contributed by atoms with Crippen molar-refractivity contribution in [3.63, 3.8) is 0 Å². The number of ether oxygens (including phenoxy) is 3. The molecule has 2 aromatic carbocycles. The smallest absolute Gasteiger partial charge is 0.410 e. The average Bonchev–Trinajstić information content (AvgIpc) is 3.84. The molecule has 3 aliphatic rings. The molecule has 0 radical (unpaired) electrons. The minimum absolute atomic E-state index is 0.137. The summed E-state index contributed by atoms with van der Waals surface area (Å²) < 4.78 is 17.5. The van der Waals surface area contributed by atoms with E-state index in [0.29, 0.717) is 26.3 Å². The number of fused-ring (bicyclic) bond motifs is 3. The van der Waals surface area contributed by atoms with E-state index in [4.69, 9.17) is 24.2 Å². The SMILES string of the molecule is CC(C)(C)OC(=O)N1CCC[C@H]1c1ncc(-c2ccc3c(c2)COCc2cc(-c4cnc([C@@H]5CCCN5C(=O)OC(C)(C)C)[nH]4)ccc2-3)[nH]1. The Balaban J connectivity index is 1.09. The number of nitrogens with one attached hydrogen (secondary N) is 2. The molecule has 4 aromatic rings. The summed E-state index contributed by atoms with van der Waals surface area (Å²) in [5, 5.41) is 0. The van der Waals surface area contributed by atoms with Crippen molar-refractivity contribution in [3.8, 4) is 33.6 Å². The van der Waals surface area contributed by atoms with Crippen LogP contribution in [0.3, 0.4) is 0 Å². The molecule has 11 nitrogen and oxygen atoms in total. The highest BCUT2D eigenvalue weighted by atomic mass is 16.6. The molecule has 49 heavy (non-hydrogen) atoms. The third kappa shape index (κ3) is 6.94. The summed E-state index contributed by atoms with van der Waals surface area (Å²) >= 11 is 0. The second-order valence-corrected chi connectivity index (χ2v) is 15.3. The van der Waals surface area contributed by atoms with Crippen LogP contribution in [0.2, 0.25) is 0 Å². The van der Waals surface area contributed by atoms with E-state index in [1.54, 1.807) is 9.80 Å². The van der Waals surface area contributed by atoms with Crippen LogP contribution in [0.15, 0.2) is 48.8 Å². The van der Waals surface area contributed by atoms with Gasteiger partial charge in [0.2, 0.25) is 0 Å². The summed E-state index contributed by atoms with van der Waals surface area (Å²) in [6, 6.07) is 12.6. The number of aromatic nitrogens is 4. The monoisotopic (exact) mass is 666 g/mol. The Morgan fingerprint density at radius 1 is 0.714 bits per heavy atom. The molecule has 2 aromatic heterocycles. The molecular weight excluding hydrogens is 620 g/mol. The second kappa shape index (κ2) is 12.7. The molecular formula is C38H46N6O5. The third-order valence-corrected chi connectivity index (χ3v) is 9.22. The lowest BCUT2D eigenvalue weighted by Gasteiger charge is -2.27. The Morgan fingerprint density at radius 2 is 1.14 bits per heavy atom. The highest BCUT2D eigenvalue weighted by molar-refractivity contribution is 5.78. The second-order valence-electron chi connectivity index (χ2n) is 15.3. The number of likely N-dealkylation sites (tertiary alicyclic amines) is 2. The van der Waals surface area contributed by atoms with Gasteiger partial charge in [0.25, 0.3) is 0 Å². The summed E-state index contributed by atoms with van der Waals surface area (Å²) in [4.78, 5) is 45.7. The van der Waals surface area contributed by atoms with Crippen LogP contribution in [0.4, 0.5) is 9.59 Å². The number of carbonyl (C=O) groups is 2. The number of nitrogens with zero attached hydrogens (tertiary/aromatic N) is 4. The summed E-state index contributed by atoms with van der Waals surface area (Å²) in [7, 11) is 0. The van der Waals surface area contributed by atoms with Crippen LogP contribution in [0, 0.1) is 0 Å². The molecule has 258 valence electrons. The van der Waals surface area contributed by atoms with Crippen LogP contribution >= 0.6 is 0 Å². The zero-order valence-corrected chi connectivity index (χ0v) is 29.3. The molecule has 0 spiro atoms. The van der Waals surface area contributed by atoms with E-state index in [-0.39, 0.29) is 24.3 Å². The molecule has 0 saturated carbocycles. The molecule has 0 aliphatic carbocycles. The van der Waals surface area contributed by atoms with E-state index in [1.165, 1.54) is 0 Å². The van der Waals surface area contributed by atoms with Crippen LogP contribution in [0.1, 0.15) is 102 Å². The quantitative estimate of drug-likeness (QED) is 0.224. The summed E-state index contributed by atoms with van der Waals surface area (Å²) in [6.45, 7) is 13.6. The number of benzene rings is 2. The van der Waals surface area contributed by atoms with Crippen LogP contribution in [-0.4, -0.2) is 66.2 Å². The summed E-state index contributed by atoms with van der Waals surface area (Å²) in [5.41, 5.74) is 7.21. The Morgan fingerprint density at radius 3 is 1.55 bits per heavy atom. The molecule has 3 aliphatic heterocycles. The number of H-pyrrole nitrogens is 2. The number of rotatable bonds is 4. The molecule has 2 atom stereocenters. The molecule has 2 saturated heterocycles. The minimum atomic E-state index is -0.548. The van der Waals surface area contributed by atoms with Crippen LogP contribution in [0.25, 0.3) is 33.6 Å². The number of hydrogen-bond donors (Lipinski definition) is 2. The first-order chi connectivity index (χ1) is 23.3. The highest BCUT2D eigenvalue weighted by Gasteiger charge is 2.36. The van der Waals surface area contributed by atoms with Gasteiger partial charge in [-0.2, -0.15) is 0 Å². The van der Waals surface area contributed by atoms with Gasteiger partial charge in [-0.15, -0.1) is 0 Å². The van der Waals surface area contributed by atoms with Gasteiger partial charge < -0.3 is 24.2 Å². The van der Waals surface area contributed by atoms with Crippen molar-refractivity contribution in [2.75, 3.05) is 13.1 Å². The maximum Gasteiger partial charge on any atom is 0.410 e. The van der Waals surface area contributed by atoms with Gasteiger partial charge >= 0.3 is 12.2 Å². The maximum atomic E-state index is 12.9. The topological polar surface area (TPSA) is 126 Å². The summed E-state index contributed by atoms with van der Waals surface area (Å²) in [5.74, 6) is 1.55. The van der Waals surface area contributed by atoms with Crippen molar-refractivity contribution in [3.05, 3.63) is 71.6 Å². The normalized spacial score (nSPS) is 19.4. The Kier molecular flexibility index (Phi) is 8.50. The van der Waals surface area contributed by atoms with Gasteiger partial charge in [0.15, 0.2) is 0 Å². The van der Waals surface area contributed by atoms with Gasteiger partial charge in [-0.3, -0.25) is 9.80 Å². The largest absolute Gasteiger partial charge is 0.444 e. The Hall–Kier alpha value is -4.64. The summed E-state index contributed by atoms with van der Waals surface area (Å²) in [6.07, 6.45) is 6.58. The molecule has 2 N–H and O–H groups in total. The number of imidazole rings is 2. The molecule has 0 unspecified atom stereocenters. The zero-order valence-electron chi connectivity index (χ0n) is 29.3. The lowest BCUT2D eigenvalue weighted by Crippen LogP contribution is -2.36.